The van der Waals surface area contributed by atoms with Gasteiger partial charge < -0.3 is 0 Å². The van der Waals surface area contributed by atoms with Crippen LogP contribution in [0.15, 0.2) is 61.7 Å². The third-order valence-corrected chi connectivity index (χ3v) is 3.57. The minimum absolute atomic E-state index is 0.651. The van der Waals surface area contributed by atoms with Crippen LogP contribution in [0, 0.1) is 0 Å². The Morgan fingerprint density at radius 1 is 0.905 bits per heavy atom. The highest BCUT2D eigenvalue weighted by Gasteiger charge is 2.12. The van der Waals surface area contributed by atoms with E-state index in [2.05, 4.69) is 38.2 Å². The van der Waals surface area contributed by atoms with E-state index in [-0.39, 0.29) is 0 Å². The van der Waals surface area contributed by atoms with Gasteiger partial charge in [-0.2, -0.15) is 0 Å². The summed E-state index contributed by atoms with van der Waals surface area (Å²) in [4.78, 5) is 13.1. The molecule has 0 spiro atoms. The average Bonchev–Trinajstić information content (AvgIpc) is 2.90. The molecule has 4 nitrogen and oxygen atoms in total. The monoisotopic (exact) mass is 272 g/mol. The summed E-state index contributed by atoms with van der Waals surface area (Å²) in [5.74, 6) is 0.651. The van der Waals surface area contributed by atoms with Crippen molar-refractivity contribution >= 4 is 27.9 Å². The van der Waals surface area contributed by atoms with Gasteiger partial charge in [-0.05, 0) is 12.1 Å². The summed E-state index contributed by atoms with van der Waals surface area (Å²) in [6, 6.07) is 10.2. The standard InChI is InChI=1S/C17H12N4/c1-2-12-9-19-17(20-10-12)21-15-6-4-3-5-13(15)14-11-18-8-7-16(14)21/h2-11H,1H2. The van der Waals surface area contributed by atoms with Crippen LogP contribution in [0.5, 0.6) is 0 Å². The number of hydrogen-bond donors (Lipinski definition) is 0. The first kappa shape index (κ1) is 11.8. The van der Waals surface area contributed by atoms with Crippen LogP contribution >= 0.6 is 0 Å². The van der Waals surface area contributed by atoms with E-state index in [1.54, 1.807) is 24.7 Å². The van der Waals surface area contributed by atoms with Crippen LogP contribution in [0.1, 0.15) is 5.56 Å². The van der Waals surface area contributed by atoms with Crippen LogP contribution < -0.4 is 0 Å². The number of para-hydroxylation sites is 1. The lowest BCUT2D eigenvalue weighted by Gasteiger charge is -2.05. The molecule has 21 heavy (non-hydrogen) atoms. The molecular weight excluding hydrogens is 260 g/mol. The summed E-state index contributed by atoms with van der Waals surface area (Å²) in [6.45, 7) is 3.73. The van der Waals surface area contributed by atoms with Crippen LogP contribution in [0.4, 0.5) is 0 Å². The van der Waals surface area contributed by atoms with Crippen LogP contribution in [-0.2, 0) is 0 Å². The molecule has 3 aromatic heterocycles. The predicted molar refractivity (Wildman–Crippen MR) is 84.3 cm³/mol. The molecule has 0 aliphatic rings. The second-order valence-corrected chi connectivity index (χ2v) is 4.77. The lowest BCUT2D eigenvalue weighted by atomic mass is 10.2. The minimum atomic E-state index is 0.651. The summed E-state index contributed by atoms with van der Waals surface area (Å²) in [6.07, 6.45) is 8.95. The zero-order valence-corrected chi connectivity index (χ0v) is 11.3. The van der Waals surface area contributed by atoms with Crippen LogP contribution in [-0.4, -0.2) is 19.5 Å². The fraction of sp³-hybridized carbons (Fsp3) is 0. The van der Waals surface area contributed by atoms with E-state index >= 15 is 0 Å². The highest BCUT2D eigenvalue weighted by molar-refractivity contribution is 6.08. The Hall–Kier alpha value is -3.01. The molecule has 0 amide bonds. The normalized spacial score (nSPS) is 11.0. The summed E-state index contributed by atoms with van der Waals surface area (Å²) in [5, 5.41) is 2.25. The van der Waals surface area contributed by atoms with Gasteiger partial charge in [0.05, 0.1) is 11.0 Å². The van der Waals surface area contributed by atoms with Crippen molar-refractivity contribution in [3.8, 4) is 5.95 Å². The molecule has 3 heterocycles. The smallest absolute Gasteiger partial charge is 0.234 e. The number of nitrogens with zero attached hydrogens (tertiary/aromatic N) is 4. The summed E-state index contributed by atoms with van der Waals surface area (Å²) in [7, 11) is 0. The van der Waals surface area contributed by atoms with Crippen LogP contribution in [0.3, 0.4) is 0 Å². The lowest BCUT2D eigenvalue weighted by molar-refractivity contribution is 0.984. The topological polar surface area (TPSA) is 43.6 Å². The lowest BCUT2D eigenvalue weighted by Crippen LogP contribution is -2.00. The molecule has 0 bridgehead atoms. The fourth-order valence-corrected chi connectivity index (χ4v) is 2.58. The number of rotatable bonds is 2. The van der Waals surface area contributed by atoms with Crippen LogP contribution in [0.2, 0.25) is 0 Å². The molecule has 0 aliphatic heterocycles. The number of hydrogen-bond acceptors (Lipinski definition) is 3. The Kier molecular flexibility index (Phi) is 2.54. The zero-order valence-electron chi connectivity index (χ0n) is 11.3. The van der Waals surface area contributed by atoms with E-state index < -0.39 is 0 Å². The molecule has 0 unspecified atom stereocenters. The molecule has 0 N–H and O–H groups in total. The van der Waals surface area contributed by atoms with Gasteiger partial charge >= 0.3 is 0 Å². The Morgan fingerprint density at radius 2 is 1.67 bits per heavy atom. The van der Waals surface area contributed by atoms with Crippen molar-refractivity contribution in [1.82, 2.24) is 19.5 Å². The van der Waals surface area contributed by atoms with Crippen molar-refractivity contribution in [3.63, 3.8) is 0 Å². The number of benzene rings is 1. The summed E-state index contributed by atoms with van der Waals surface area (Å²) in [5.41, 5.74) is 3.03. The maximum atomic E-state index is 4.45. The molecule has 0 radical (unpaired) electrons. The Labute approximate surface area is 121 Å². The molecule has 0 saturated heterocycles. The van der Waals surface area contributed by atoms with E-state index in [4.69, 9.17) is 0 Å². The number of aromatic nitrogens is 4. The Balaban J connectivity index is 2.11. The maximum absolute atomic E-state index is 4.45. The first-order valence-electron chi connectivity index (χ1n) is 6.66. The first-order chi connectivity index (χ1) is 10.4. The van der Waals surface area contributed by atoms with Crippen molar-refractivity contribution < 1.29 is 0 Å². The minimum Gasteiger partial charge on any atom is -0.278 e. The molecule has 0 atom stereocenters. The number of fused-ring (bicyclic) bond motifs is 3. The van der Waals surface area contributed by atoms with Crippen molar-refractivity contribution in [2.45, 2.75) is 0 Å². The predicted octanol–water partition coefficient (Wildman–Crippen LogP) is 3.61. The van der Waals surface area contributed by atoms with Gasteiger partial charge in [-0.25, -0.2) is 9.97 Å². The molecule has 0 fully saturated rings. The zero-order chi connectivity index (χ0) is 14.2. The van der Waals surface area contributed by atoms with Gasteiger partial charge in [0.2, 0.25) is 5.95 Å². The van der Waals surface area contributed by atoms with E-state index in [0.717, 1.165) is 27.4 Å². The maximum Gasteiger partial charge on any atom is 0.234 e. The van der Waals surface area contributed by atoms with E-state index in [0.29, 0.717) is 5.95 Å². The summed E-state index contributed by atoms with van der Waals surface area (Å²) >= 11 is 0. The SMILES string of the molecule is C=Cc1cnc(-n2c3ccccc3c3cnccc32)nc1. The van der Waals surface area contributed by atoms with Gasteiger partial charge in [0.15, 0.2) is 0 Å². The fourth-order valence-electron chi connectivity index (χ4n) is 2.58. The highest BCUT2D eigenvalue weighted by Crippen LogP contribution is 2.29. The van der Waals surface area contributed by atoms with Crippen molar-refractivity contribution in [3.05, 3.63) is 67.3 Å². The average molecular weight is 272 g/mol. The summed E-state index contributed by atoms with van der Waals surface area (Å²) < 4.78 is 2.05. The Morgan fingerprint density at radius 3 is 2.48 bits per heavy atom. The second kappa shape index (κ2) is 4.52. The molecule has 0 aliphatic carbocycles. The van der Waals surface area contributed by atoms with E-state index in [1.165, 1.54) is 0 Å². The first-order valence-corrected chi connectivity index (χ1v) is 6.66. The quantitative estimate of drug-likeness (QED) is 0.560. The molecule has 100 valence electrons. The molecule has 4 aromatic rings. The third kappa shape index (κ3) is 1.73. The van der Waals surface area contributed by atoms with Crippen molar-refractivity contribution in [1.29, 1.82) is 0 Å². The number of pyridine rings is 1. The molecule has 0 saturated carbocycles. The molecule has 4 rings (SSSR count). The van der Waals surface area contributed by atoms with E-state index in [9.17, 15) is 0 Å². The van der Waals surface area contributed by atoms with Gasteiger partial charge in [0.25, 0.3) is 0 Å². The van der Waals surface area contributed by atoms with Gasteiger partial charge in [-0.1, -0.05) is 30.9 Å². The van der Waals surface area contributed by atoms with E-state index in [1.807, 2.05) is 24.4 Å². The molecular formula is C17H12N4. The van der Waals surface area contributed by atoms with Gasteiger partial charge in [-0.3, -0.25) is 9.55 Å². The molecule has 1 aromatic carbocycles. The second-order valence-electron chi connectivity index (χ2n) is 4.77. The molecule has 4 heteroatoms. The van der Waals surface area contributed by atoms with Crippen LogP contribution in [0.25, 0.3) is 33.8 Å². The van der Waals surface area contributed by atoms with Gasteiger partial charge in [0, 0.05) is 41.1 Å². The van der Waals surface area contributed by atoms with Crippen molar-refractivity contribution in [2.24, 2.45) is 0 Å². The Bertz CT molecular complexity index is 898. The largest absolute Gasteiger partial charge is 0.278 e. The van der Waals surface area contributed by atoms with Gasteiger partial charge in [-0.15, -0.1) is 0 Å². The van der Waals surface area contributed by atoms with Gasteiger partial charge in [0.1, 0.15) is 0 Å². The highest BCUT2D eigenvalue weighted by atomic mass is 15.1. The van der Waals surface area contributed by atoms with Crippen molar-refractivity contribution in [2.75, 3.05) is 0 Å². The third-order valence-electron chi connectivity index (χ3n) is 3.57.